The van der Waals surface area contributed by atoms with Gasteiger partial charge in [-0.05, 0) is 49.3 Å². The van der Waals surface area contributed by atoms with Gasteiger partial charge in [0.05, 0.1) is 5.56 Å². The monoisotopic (exact) mass is 287 g/mol. The molecule has 2 unspecified atom stereocenters. The van der Waals surface area contributed by atoms with Crippen molar-refractivity contribution < 1.29 is 14.7 Å². The third kappa shape index (κ3) is 2.43. The summed E-state index contributed by atoms with van der Waals surface area (Å²) in [5, 5.41) is 9.32. The third-order valence-electron chi connectivity index (χ3n) is 4.93. The molecule has 0 bridgehead atoms. The lowest BCUT2D eigenvalue weighted by Gasteiger charge is -2.33. The van der Waals surface area contributed by atoms with Crippen LogP contribution in [0.3, 0.4) is 0 Å². The van der Waals surface area contributed by atoms with Crippen molar-refractivity contribution in [1.82, 2.24) is 0 Å². The Labute approximate surface area is 124 Å². The Hall–Kier alpha value is -1.84. The van der Waals surface area contributed by atoms with Crippen molar-refractivity contribution in [3.8, 4) is 0 Å². The smallest absolute Gasteiger partial charge is 0.336 e. The molecule has 1 fully saturated rings. The predicted octanol–water partition coefficient (Wildman–Crippen LogP) is 3.10. The first-order valence-electron chi connectivity index (χ1n) is 7.76. The number of hydrogen-bond acceptors (Lipinski definition) is 2. The molecule has 1 aromatic carbocycles. The maximum absolute atomic E-state index is 12.8. The Morgan fingerprint density at radius 3 is 2.71 bits per heavy atom. The molecule has 112 valence electrons. The van der Waals surface area contributed by atoms with Crippen molar-refractivity contribution in [2.24, 2.45) is 11.8 Å². The van der Waals surface area contributed by atoms with Crippen LogP contribution in [0, 0.1) is 11.8 Å². The Morgan fingerprint density at radius 1 is 1.24 bits per heavy atom. The van der Waals surface area contributed by atoms with Crippen LogP contribution in [-0.2, 0) is 11.2 Å². The lowest BCUT2D eigenvalue weighted by atomic mass is 9.92. The summed E-state index contributed by atoms with van der Waals surface area (Å²) in [7, 11) is 0. The van der Waals surface area contributed by atoms with Gasteiger partial charge in [-0.25, -0.2) is 4.79 Å². The van der Waals surface area contributed by atoms with E-state index >= 15 is 0 Å². The first-order chi connectivity index (χ1) is 10.1. The average molecular weight is 287 g/mol. The van der Waals surface area contributed by atoms with Gasteiger partial charge in [-0.3, -0.25) is 4.79 Å². The highest BCUT2D eigenvalue weighted by molar-refractivity contribution is 5.99. The van der Waals surface area contributed by atoms with Crippen LogP contribution in [0.2, 0.25) is 0 Å². The van der Waals surface area contributed by atoms with E-state index < -0.39 is 5.97 Å². The van der Waals surface area contributed by atoms with Crippen molar-refractivity contribution >= 4 is 17.6 Å². The van der Waals surface area contributed by atoms with Crippen LogP contribution >= 0.6 is 0 Å². The van der Waals surface area contributed by atoms with Gasteiger partial charge in [0.15, 0.2) is 0 Å². The summed E-state index contributed by atoms with van der Waals surface area (Å²) in [6.45, 7) is 2.85. The topological polar surface area (TPSA) is 57.6 Å². The molecule has 1 aromatic rings. The molecule has 4 nitrogen and oxygen atoms in total. The number of carboxylic acid groups (broad SMARTS) is 1. The van der Waals surface area contributed by atoms with Crippen LogP contribution in [-0.4, -0.2) is 23.5 Å². The number of fused-ring (bicyclic) bond motifs is 1. The van der Waals surface area contributed by atoms with E-state index in [-0.39, 0.29) is 11.8 Å². The first kappa shape index (κ1) is 14.1. The second kappa shape index (κ2) is 5.51. The van der Waals surface area contributed by atoms with Crippen molar-refractivity contribution in [3.05, 3.63) is 29.3 Å². The number of amides is 1. The molecule has 0 aromatic heterocycles. The van der Waals surface area contributed by atoms with Gasteiger partial charge in [0.25, 0.3) is 0 Å². The van der Waals surface area contributed by atoms with E-state index in [9.17, 15) is 14.7 Å². The summed E-state index contributed by atoms with van der Waals surface area (Å²) in [5.41, 5.74) is 1.96. The molecule has 4 heteroatoms. The number of carbonyl (C=O) groups is 2. The molecular formula is C17H21NO3. The number of carbonyl (C=O) groups excluding carboxylic acids is 1. The van der Waals surface area contributed by atoms with Gasteiger partial charge < -0.3 is 10.0 Å². The quantitative estimate of drug-likeness (QED) is 0.909. The fourth-order valence-electron chi connectivity index (χ4n) is 3.77. The van der Waals surface area contributed by atoms with Crippen molar-refractivity contribution in [2.75, 3.05) is 11.4 Å². The molecule has 1 aliphatic heterocycles. The molecule has 2 atom stereocenters. The Kier molecular flexibility index (Phi) is 3.70. The van der Waals surface area contributed by atoms with E-state index in [1.165, 1.54) is 0 Å². The van der Waals surface area contributed by atoms with E-state index in [0.717, 1.165) is 43.4 Å². The molecule has 0 saturated heterocycles. The number of aromatic carboxylic acids is 1. The maximum Gasteiger partial charge on any atom is 0.336 e. The Bertz CT molecular complexity index is 581. The minimum Gasteiger partial charge on any atom is -0.478 e. The molecule has 3 rings (SSSR count). The maximum atomic E-state index is 12.8. The number of rotatable bonds is 2. The number of hydrogen-bond donors (Lipinski definition) is 1. The predicted molar refractivity (Wildman–Crippen MR) is 80.6 cm³/mol. The number of benzene rings is 1. The SMILES string of the molecule is CC1CCCC1C(=O)N1CCCc2c(C(=O)O)cccc21. The zero-order valence-corrected chi connectivity index (χ0v) is 12.3. The van der Waals surface area contributed by atoms with Gasteiger partial charge in [0.1, 0.15) is 0 Å². The Morgan fingerprint density at radius 2 is 2.05 bits per heavy atom. The third-order valence-corrected chi connectivity index (χ3v) is 4.93. The summed E-state index contributed by atoms with van der Waals surface area (Å²) in [5.74, 6) is -0.186. The molecule has 1 heterocycles. The number of nitrogens with zero attached hydrogens (tertiary/aromatic N) is 1. The van der Waals surface area contributed by atoms with Gasteiger partial charge in [0.2, 0.25) is 5.91 Å². The molecule has 1 N–H and O–H groups in total. The zero-order chi connectivity index (χ0) is 15.0. The second-order valence-corrected chi connectivity index (χ2v) is 6.22. The summed E-state index contributed by atoms with van der Waals surface area (Å²) < 4.78 is 0. The largest absolute Gasteiger partial charge is 0.478 e. The summed E-state index contributed by atoms with van der Waals surface area (Å²) in [6, 6.07) is 5.26. The van der Waals surface area contributed by atoms with Crippen molar-refractivity contribution in [1.29, 1.82) is 0 Å². The lowest BCUT2D eigenvalue weighted by Crippen LogP contribution is -2.40. The van der Waals surface area contributed by atoms with Crippen LogP contribution in [0.4, 0.5) is 5.69 Å². The molecule has 0 spiro atoms. The van der Waals surface area contributed by atoms with E-state index in [1.807, 2.05) is 11.0 Å². The van der Waals surface area contributed by atoms with Gasteiger partial charge in [0, 0.05) is 18.2 Å². The molecule has 1 saturated carbocycles. The average Bonchev–Trinajstić information content (AvgIpc) is 2.91. The molecule has 2 aliphatic rings. The van der Waals surface area contributed by atoms with Crippen LogP contribution in [0.15, 0.2) is 18.2 Å². The minimum atomic E-state index is -0.907. The van der Waals surface area contributed by atoms with Gasteiger partial charge in [-0.15, -0.1) is 0 Å². The van der Waals surface area contributed by atoms with Crippen LogP contribution in [0.5, 0.6) is 0 Å². The van der Waals surface area contributed by atoms with Crippen LogP contribution in [0.25, 0.3) is 0 Å². The van der Waals surface area contributed by atoms with Crippen molar-refractivity contribution in [3.63, 3.8) is 0 Å². The molecule has 1 amide bonds. The van der Waals surface area contributed by atoms with Crippen LogP contribution < -0.4 is 4.90 Å². The zero-order valence-electron chi connectivity index (χ0n) is 12.3. The van der Waals surface area contributed by atoms with E-state index in [1.54, 1.807) is 12.1 Å². The fourth-order valence-corrected chi connectivity index (χ4v) is 3.77. The van der Waals surface area contributed by atoms with Crippen LogP contribution in [0.1, 0.15) is 48.5 Å². The Balaban J connectivity index is 1.95. The number of carboxylic acids is 1. The standard InChI is InChI=1S/C17H21NO3/c1-11-5-2-6-12(11)16(19)18-10-4-8-13-14(17(20)21)7-3-9-15(13)18/h3,7,9,11-12H,2,4-6,8,10H2,1H3,(H,20,21). The van der Waals surface area contributed by atoms with E-state index in [0.29, 0.717) is 18.0 Å². The fraction of sp³-hybridized carbons (Fsp3) is 0.529. The minimum absolute atomic E-state index is 0.101. The normalized spacial score (nSPS) is 24.7. The lowest BCUT2D eigenvalue weighted by molar-refractivity contribution is -0.123. The van der Waals surface area contributed by atoms with Gasteiger partial charge in [-0.1, -0.05) is 19.4 Å². The van der Waals surface area contributed by atoms with Crippen molar-refractivity contribution in [2.45, 2.75) is 39.0 Å². The number of anilines is 1. The molecule has 21 heavy (non-hydrogen) atoms. The summed E-state index contributed by atoms with van der Waals surface area (Å²) in [4.78, 5) is 26.0. The molecule has 0 radical (unpaired) electrons. The molecular weight excluding hydrogens is 266 g/mol. The first-order valence-corrected chi connectivity index (χ1v) is 7.76. The second-order valence-electron chi connectivity index (χ2n) is 6.22. The van der Waals surface area contributed by atoms with E-state index in [4.69, 9.17) is 0 Å². The highest BCUT2D eigenvalue weighted by Crippen LogP contribution is 2.36. The summed E-state index contributed by atoms with van der Waals surface area (Å²) >= 11 is 0. The van der Waals surface area contributed by atoms with Gasteiger partial charge >= 0.3 is 5.97 Å². The highest BCUT2D eigenvalue weighted by Gasteiger charge is 2.35. The molecule has 1 aliphatic carbocycles. The summed E-state index contributed by atoms with van der Waals surface area (Å²) in [6.07, 6.45) is 4.77. The highest BCUT2D eigenvalue weighted by atomic mass is 16.4. The van der Waals surface area contributed by atoms with Gasteiger partial charge in [-0.2, -0.15) is 0 Å². The van der Waals surface area contributed by atoms with E-state index in [2.05, 4.69) is 6.92 Å².